The average molecular weight is 673 g/mol. The van der Waals surface area contributed by atoms with Crippen LogP contribution in [0.5, 0.6) is 0 Å². The van der Waals surface area contributed by atoms with E-state index in [0.717, 1.165) is 51.4 Å². The van der Waals surface area contributed by atoms with Crippen molar-refractivity contribution in [2.75, 3.05) is 19.0 Å². The van der Waals surface area contributed by atoms with Crippen LogP contribution < -0.4 is 29.6 Å². The van der Waals surface area contributed by atoms with E-state index < -0.39 is 39.7 Å². The summed E-state index contributed by atoms with van der Waals surface area (Å²) in [5.74, 6) is -1.97. The van der Waals surface area contributed by atoms with Crippen LogP contribution in [0.15, 0.2) is 0 Å². The number of rotatable bonds is 18. The van der Waals surface area contributed by atoms with Crippen LogP contribution in [0.3, 0.4) is 0 Å². The van der Waals surface area contributed by atoms with Gasteiger partial charge in [-0.1, -0.05) is 66.2 Å². The second kappa shape index (κ2) is 27.1. The number of carbonyl (C=O) groups excluding carboxylic acids is 2. The van der Waals surface area contributed by atoms with Gasteiger partial charge in [0.05, 0.1) is 26.1 Å². The fourth-order valence-electron chi connectivity index (χ4n) is 2.92. The van der Waals surface area contributed by atoms with Crippen molar-refractivity contribution in [1.29, 1.82) is 0 Å². The molecule has 2 radical (unpaired) electrons. The van der Waals surface area contributed by atoms with Gasteiger partial charge in [0.25, 0.3) is 10.1 Å². The van der Waals surface area contributed by atoms with Gasteiger partial charge in [0.1, 0.15) is 0 Å². The summed E-state index contributed by atoms with van der Waals surface area (Å²) >= 11 is 3.68. The molecule has 0 saturated carbocycles. The van der Waals surface area contributed by atoms with E-state index in [1.54, 1.807) is 0 Å². The van der Waals surface area contributed by atoms with Gasteiger partial charge >= 0.3 is 71.4 Å². The molecule has 0 bridgehead atoms. The third-order valence-electron chi connectivity index (χ3n) is 5.33. The summed E-state index contributed by atoms with van der Waals surface area (Å²) in [5, 5.41) is 5.92. The van der Waals surface area contributed by atoms with Gasteiger partial charge in [-0.15, -0.1) is 0 Å². The van der Waals surface area contributed by atoms with Gasteiger partial charge in [-0.25, -0.2) is 0 Å². The zero-order valence-electron chi connectivity index (χ0n) is 23.7. The first-order valence-electron chi connectivity index (χ1n) is 12.1. The summed E-state index contributed by atoms with van der Waals surface area (Å²) in [7, 11) is -4.76. The maximum absolute atomic E-state index is 12.2. The molecule has 13 heteroatoms. The van der Waals surface area contributed by atoms with Gasteiger partial charge in [0, 0.05) is 5.75 Å². The number of hydrogen-bond donors (Lipinski definition) is 3. The third-order valence-corrected chi connectivity index (χ3v) is 6.63. The number of carbonyl (C=O) groups is 3. The number of unbranched alkanes of at least 4 members (excludes halogenated alkanes) is 2. The Morgan fingerprint density at radius 1 is 0.917 bits per heavy atom. The number of hydrogen-bond acceptors (Lipinski definition) is 8. The van der Waals surface area contributed by atoms with Gasteiger partial charge in [0.2, 0.25) is 0 Å². The molecule has 0 heterocycles. The van der Waals surface area contributed by atoms with E-state index in [0.29, 0.717) is 5.75 Å². The Balaban J connectivity index is -0.000000337. The Morgan fingerprint density at radius 3 is 1.67 bits per heavy atom. The van der Waals surface area contributed by atoms with Crippen molar-refractivity contribution in [3.05, 3.63) is 0 Å². The zero-order valence-corrected chi connectivity index (χ0v) is 30.5. The Morgan fingerprint density at radius 2 is 1.36 bits per heavy atom. The monoisotopic (exact) mass is 674 g/mol. The molecule has 0 aliphatic rings. The molecule has 9 nitrogen and oxygen atoms in total. The number of thiol groups is 1. The summed E-state index contributed by atoms with van der Waals surface area (Å²) in [4.78, 5) is 33.8. The van der Waals surface area contributed by atoms with Gasteiger partial charge < -0.3 is 16.0 Å². The van der Waals surface area contributed by atoms with Crippen molar-refractivity contribution in [2.45, 2.75) is 97.2 Å². The molecule has 0 aliphatic carbocycles. The summed E-state index contributed by atoms with van der Waals surface area (Å²) in [6, 6.07) is 0. The number of carboxylic acids is 1. The van der Waals surface area contributed by atoms with Crippen LogP contribution in [0.25, 0.3) is 0 Å². The van der Waals surface area contributed by atoms with E-state index >= 15 is 0 Å². The second-order valence-electron chi connectivity index (χ2n) is 8.22. The average Bonchev–Trinajstić information content (AvgIpc) is 2.77. The molecular weight excluding hydrogens is 626 g/mol. The molecule has 0 rings (SSSR count). The van der Waals surface area contributed by atoms with E-state index in [9.17, 15) is 27.4 Å². The van der Waals surface area contributed by atoms with Crippen LogP contribution in [0.1, 0.15) is 93.3 Å². The molecule has 210 valence electrons. The van der Waals surface area contributed by atoms with Crippen molar-refractivity contribution >= 4 is 64.6 Å². The van der Waals surface area contributed by atoms with Crippen molar-refractivity contribution < 1.29 is 72.9 Å². The van der Waals surface area contributed by atoms with Crippen LogP contribution in [-0.2, 0) is 34.0 Å². The van der Waals surface area contributed by atoms with Crippen molar-refractivity contribution in [2.24, 2.45) is 11.8 Å². The van der Waals surface area contributed by atoms with Crippen LogP contribution in [0, 0.1) is 11.8 Å². The van der Waals surface area contributed by atoms with E-state index in [-0.39, 0.29) is 86.4 Å². The standard InChI is InChI=1S/C20H38O7S.C3H6O2S.Na.Sn.3H/c1-5-9-11-16(7-3)14-26-19(21)13-18(28(23,24)25)20(22)27-15-17(8-4)12-10-6-2;4-3(5)1-2-6;;;;;/h16-18H,5-15H2,1-4H3,(H,23,24,25);6H,1-2H2,(H,4,5);;;;;/q;;+1;;;;-1. The van der Waals surface area contributed by atoms with Crippen molar-refractivity contribution in [3.8, 4) is 0 Å². The number of aliphatic carboxylic acids is 1. The van der Waals surface area contributed by atoms with E-state index in [2.05, 4.69) is 26.5 Å². The first kappa shape index (κ1) is 43.5. The van der Waals surface area contributed by atoms with Crippen LogP contribution in [0.2, 0.25) is 0 Å². The van der Waals surface area contributed by atoms with E-state index in [4.69, 9.17) is 14.6 Å². The summed E-state index contributed by atoms with van der Waals surface area (Å²) in [6.07, 6.45) is 6.90. The molecule has 0 aromatic heterocycles. The molecule has 0 aliphatic heterocycles. The Bertz CT molecular complexity index is 685. The molecule has 0 aromatic rings. The van der Waals surface area contributed by atoms with Crippen LogP contribution in [0.4, 0.5) is 0 Å². The maximum atomic E-state index is 12.2. The molecule has 0 aromatic carbocycles. The fourth-order valence-corrected chi connectivity index (χ4v) is 3.77. The summed E-state index contributed by atoms with van der Waals surface area (Å²) in [5.41, 5.74) is 0. The third kappa shape index (κ3) is 24.8. The van der Waals surface area contributed by atoms with Crippen molar-refractivity contribution in [3.63, 3.8) is 0 Å². The molecule has 2 N–H and O–H groups in total. The fraction of sp³-hybridized carbons (Fsp3) is 0.870. The number of carboxylic acid groups (broad SMARTS) is 1. The molecule has 0 amide bonds. The Hall–Kier alpha value is 0.469. The molecule has 36 heavy (non-hydrogen) atoms. The van der Waals surface area contributed by atoms with Crippen LogP contribution >= 0.6 is 12.6 Å². The minimum absolute atomic E-state index is 0. The molecule has 3 unspecified atom stereocenters. The predicted octanol–water partition coefficient (Wildman–Crippen LogP) is 0.743. The van der Waals surface area contributed by atoms with Gasteiger partial charge in [0.15, 0.2) is 5.25 Å². The number of ether oxygens (including phenoxy) is 2. The first-order valence-corrected chi connectivity index (χ1v) is 14.2. The van der Waals surface area contributed by atoms with Gasteiger partial charge in [-0.3, -0.25) is 18.9 Å². The molecule has 0 fully saturated rings. The SMILES string of the molecule is CCCCC(CC)COC(=O)CC(C(=O)OCC(CC)CCCC)S(=O)(=O)O.O=C(O)CCS.[H-].[Na+].[SnH2]. The zero-order chi connectivity index (χ0) is 26.6. The second-order valence-corrected chi connectivity index (χ2v) is 10.3. The Labute approximate surface area is 263 Å². The van der Waals surface area contributed by atoms with Gasteiger partial charge in [-0.2, -0.15) is 21.0 Å². The molecule has 0 spiro atoms. The van der Waals surface area contributed by atoms with Crippen molar-refractivity contribution in [1.82, 2.24) is 0 Å². The molecule has 3 atom stereocenters. The molecule has 0 saturated heterocycles. The van der Waals surface area contributed by atoms with E-state index in [1.807, 2.05) is 13.8 Å². The van der Waals surface area contributed by atoms with E-state index in [1.165, 1.54) is 0 Å². The molecular formula is C23H47NaO9S2Sn. The predicted molar refractivity (Wildman–Crippen MR) is 144 cm³/mol. The number of esters is 2. The summed E-state index contributed by atoms with van der Waals surface area (Å²) in [6.45, 7) is 8.35. The Kier molecular flexibility index (Phi) is 32.7. The topological polar surface area (TPSA) is 144 Å². The summed E-state index contributed by atoms with van der Waals surface area (Å²) < 4.78 is 42.8. The minimum atomic E-state index is -4.76. The van der Waals surface area contributed by atoms with Crippen LogP contribution in [-0.4, -0.2) is 84.1 Å². The normalized spacial score (nSPS) is 12.9. The van der Waals surface area contributed by atoms with Gasteiger partial charge in [-0.05, 0) is 24.7 Å². The first-order chi connectivity index (χ1) is 16.0. The quantitative estimate of drug-likeness (QED) is 0.0831.